The summed E-state index contributed by atoms with van der Waals surface area (Å²) in [5, 5.41) is 13.3. The number of rotatable bonds is 4. The predicted octanol–water partition coefficient (Wildman–Crippen LogP) is 2.82. The zero-order valence-electron chi connectivity index (χ0n) is 12.0. The van der Waals surface area contributed by atoms with Crippen LogP contribution in [0, 0.1) is 0 Å². The molecule has 1 unspecified atom stereocenters. The highest BCUT2D eigenvalue weighted by atomic mass is 16.3. The summed E-state index contributed by atoms with van der Waals surface area (Å²) in [5.41, 5.74) is 2.11. The van der Waals surface area contributed by atoms with E-state index in [9.17, 15) is 0 Å². The summed E-state index contributed by atoms with van der Waals surface area (Å²) in [6.45, 7) is 3.94. The SMILES string of the molecule is CC(NCc1coc2ccccc12)c1nnc2n1CCC2. The van der Waals surface area contributed by atoms with Crippen molar-refractivity contribution in [2.45, 2.75) is 38.9 Å². The lowest BCUT2D eigenvalue weighted by Gasteiger charge is -2.13. The number of nitrogens with zero attached hydrogens (tertiary/aromatic N) is 3. The Morgan fingerprint density at radius 1 is 1.33 bits per heavy atom. The van der Waals surface area contributed by atoms with Crippen molar-refractivity contribution in [2.24, 2.45) is 0 Å². The Bertz CT molecular complexity index is 774. The number of hydrogen-bond acceptors (Lipinski definition) is 4. The van der Waals surface area contributed by atoms with Crippen molar-refractivity contribution in [2.75, 3.05) is 0 Å². The molecule has 0 spiro atoms. The second kappa shape index (κ2) is 5.00. The highest BCUT2D eigenvalue weighted by Crippen LogP contribution is 2.22. The van der Waals surface area contributed by atoms with Gasteiger partial charge in [-0.05, 0) is 19.4 Å². The molecular formula is C16H18N4O. The van der Waals surface area contributed by atoms with Gasteiger partial charge in [0.05, 0.1) is 12.3 Å². The van der Waals surface area contributed by atoms with Crippen LogP contribution < -0.4 is 5.32 Å². The molecule has 5 nitrogen and oxygen atoms in total. The summed E-state index contributed by atoms with van der Waals surface area (Å²) in [6.07, 6.45) is 4.06. The quantitative estimate of drug-likeness (QED) is 0.799. The van der Waals surface area contributed by atoms with Gasteiger partial charge in [-0.3, -0.25) is 0 Å². The maximum absolute atomic E-state index is 5.57. The average molecular weight is 282 g/mol. The number of nitrogens with one attached hydrogen (secondary N) is 1. The normalized spacial score (nSPS) is 15.5. The molecule has 0 fully saturated rings. The summed E-state index contributed by atoms with van der Waals surface area (Å²) in [5.74, 6) is 2.16. The maximum atomic E-state index is 5.57. The molecule has 0 amide bonds. The molecule has 1 aromatic carbocycles. The van der Waals surface area contributed by atoms with E-state index in [1.165, 1.54) is 17.4 Å². The van der Waals surface area contributed by atoms with Crippen LogP contribution in [0.15, 0.2) is 34.9 Å². The van der Waals surface area contributed by atoms with E-state index in [1.807, 2.05) is 24.5 Å². The smallest absolute Gasteiger partial charge is 0.149 e. The minimum absolute atomic E-state index is 0.179. The summed E-state index contributed by atoms with van der Waals surface area (Å²) in [7, 11) is 0. The molecular weight excluding hydrogens is 264 g/mol. The van der Waals surface area contributed by atoms with E-state index < -0.39 is 0 Å². The first kappa shape index (κ1) is 12.6. The lowest BCUT2D eigenvalue weighted by Crippen LogP contribution is -2.21. The van der Waals surface area contributed by atoms with Crippen LogP contribution in [0.25, 0.3) is 11.0 Å². The van der Waals surface area contributed by atoms with Gasteiger partial charge in [0.15, 0.2) is 0 Å². The first-order valence-corrected chi connectivity index (χ1v) is 7.43. The Morgan fingerprint density at radius 3 is 3.19 bits per heavy atom. The fraction of sp³-hybridized carbons (Fsp3) is 0.375. The van der Waals surface area contributed by atoms with Crippen LogP contribution in [0.3, 0.4) is 0 Å². The number of fused-ring (bicyclic) bond motifs is 2. The molecule has 2 aromatic heterocycles. The van der Waals surface area contributed by atoms with Crippen molar-refractivity contribution >= 4 is 11.0 Å². The minimum atomic E-state index is 0.179. The molecule has 4 rings (SSSR count). The average Bonchev–Trinajstić information content (AvgIpc) is 3.19. The molecule has 108 valence electrons. The van der Waals surface area contributed by atoms with Gasteiger partial charge < -0.3 is 14.3 Å². The molecule has 1 N–H and O–H groups in total. The molecule has 1 aliphatic rings. The molecule has 3 aromatic rings. The fourth-order valence-electron chi connectivity index (χ4n) is 3.02. The summed E-state index contributed by atoms with van der Waals surface area (Å²) in [4.78, 5) is 0. The van der Waals surface area contributed by atoms with Crippen LogP contribution in [0.4, 0.5) is 0 Å². The molecule has 0 aliphatic carbocycles. The fourth-order valence-corrected chi connectivity index (χ4v) is 3.02. The maximum Gasteiger partial charge on any atom is 0.149 e. The monoisotopic (exact) mass is 282 g/mol. The van der Waals surface area contributed by atoms with Crippen molar-refractivity contribution < 1.29 is 4.42 Å². The highest BCUT2D eigenvalue weighted by Gasteiger charge is 2.21. The standard InChI is InChI=1S/C16H18N4O/c1-11(16-19-18-15-7-4-8-20(15)16)17-9-12-10-21-14-6-3-2-5-13(12)14/h2-3,5-6,10-11,17H,4,7-9H2,1H3. The Kier molecular flexibility index (Phi) is 3.00. The third kappa shape index (κ3) is 2.14. The lowest BCUT2D eigenvalue weighted by molar-refractivity contribution is 0.512. The first-order chi connectivity index (χ1) is 10.3. The third-order valence-corrected chi connectivity index (χ3v) is 4.19. The van der Waals surface area contributed by atoms with E-state index in [0.717, 1.165) is 36.7 Å². The Morgan fingerprint density at radius 2 is 2.24 bits per heavy atom. The molecule has 1 aliphatic heterocycles. The lowest BCUT2D eigenvalue weighted by atomic mass is 10.1. The number of para-hydroxylation sites is 1. The molecule has 5 heteroatoms. The zero-order chi connectivity index (χ0) is 14.2. The van der Waals surface area contributed by atoms with E-state index in [0.29, 0.717) is 0 Å². The van der Waals surface area contributed by atoms with E-state index in [1.54, 1.807) is 0 Å². The Labute approximate surface area is 123 Å². The van der Waals surface area contributed by atoms with Gasteiger partial charge in [-0.25, -0.2) is 0 Å². The topological polar surface area (TPSA) is 55.9 Å². The Balaban J connectivity index is 1.51. The van der Waals surface area contributed by atoms with Gasteiger partial charge in [-0.2, -0.15) is 0 Å². The van der Waals surface area contributed by atoms with Crippen molar-refractivity contribution in [1.29, 1.82) is 0 Å². The molecule has 21 heavy (non-hydrogen) atoms. The molecule has 0 saturated carbocycles. The van der Waals surface area contributed by atoms with Crippen LogP contribution >= 0.6 is 0 Å². The second-order valence-electron chi connectivity index (χ2n) is 5.59. The van der Waals surface area contributed by atoms with E-state index in [4.69, 9.17) is 4.42 Å². The molecule has 3 heterocycles. The Hall–Kier alpha value is -2.14. The van der Waals surface area contributed by atoms with Gasteiger partial charge in [0.25, 0.3) is 0 Å². The van der Waals surface area contributed by atoms with E-state index in [2.05, 4.69) is 33.1 Å². The van der Waals surface area contributed by atoms with Crippen LogP contribution in [0.5, 0.6) is 0 Å². The highest BCUT2D eigenvalue weighted by molar-refractivity contribution is 5.80. The summed E-state index contributed by atoms with van der Waals surface area (Å²) < 4.78 is 7.81. The van der Waals surface area contributed by atoms with Gasteiger partial charge >= 0.3 is 0 Å². The van der Waals surface area contributed by atoms with Gasteiger partial charge in [0.1, 0.15) is 17.2 Å². The number of benzene rings is 1. The van der Waals surface area contributed by atoms with Gasteiger partial charge in [-0.15, -0.1) is 10.2 Å². The van der Waals surface area contributed by atoms with Gasteiger partial charge in [0.2, 0.25) is 0 Å². The molecule has 0 saturated heterocycles. The van der Waals surface area contributed by atoms with Crippen molar-refractivity contribution in [3.05, 3.63) is 47.7 Å². The van der Waals surface area contributed by atoms with Crippen molar-refractivity contribution in [1.82, 2.24) is 20.1 Å². The van der Waals surface area contributed by atoms with Crippen molar-refractivity contribution in [3.63, 3.8) is 0 Å². The largest absolute Gasteiger partial charge is 0.464 e. The minimum Gasteiger partial charge on any atom is -0.464 e. The van der Waals surface area contributed by atoms with E-state index >= 15 is 0 Å². The van der Waals surface area contributed by atoms with E-state index in [-0.39, 0.29) is 6.04 Å². The number of furan rings is 1. The second-order valence-corrected chi connectivity index (χ2v) is 5.59. The summed E-state index contributed by atoms with van der Waals surface area (Å²) in [6, 6.07) is 8.29. The molecule has 1 atom stereocenters. The van der Waals surface area contributed by atoms with Crippen LogP contribution in [0.1, 0.15) is 36.6 Å². The first-order valence-electron chi connectivity index (χ1n) is 7.43. The predicted molar refractivity (Wildman–Crippen MR) is 79.8 cm³/mol. The van der Waals surface area contributed by atoms with Crippen molar-refractivity contribution in [3.8, 4) is 0 Å². The third-order valence-electron chi connectivity index (χ3n) is 4.19. The summed E-state index contributed by atoms with van der Waals surface area (Å²) >= 11 is 0. The van der Waals surface area contributed by atoms with Crippen LogP contribution in [0.2, 0.25) is 0 Å². The van der Waals surface area contributed by atoms with Crippen LogP contribution in [-0.4, -0.2) is 14.8 Å². The van der Waals surface area contributed by atoms with Gasteiger partial charge in [0, 0.05) is 30.5 Å². The number of hydrogen-bond donors (Lipinski definition) is 1. The molecule has 0 radical (unpaired) electrons. The molecule has 0 bridgehead atoms. The zero-order valence-corrected chi connectivity index (χ0v) is 12.0. The number of aryl methyl sites for hydroxylation is 1. The van der Waals surface area contributed by atoms with Gasteiger partial charge in [-0.1, -0.05) is 18.2 Å². The van der Waals surface area contributed by atoms with Crippen LogP contribution in [-0.2, 0) is 19.5 Å². The number of aromatic nitrogens is 3.